The number of carbonyl (C=O) groups excluding carboxylic acids is 1. The molecule has 0 fully saturated rings. The SMILES string of the molecule is C#CC(C)(C)Nc1ccnc(C(=O)NCC)c1. The molecule has 4 nitrogen and oxygen atoms in total. The second-order valence-electron chi connectivity index (χ2n) is 4.18. The van der Waals surface area contributed by atoms with Crippen molar-refractivity contribution < 1.29 is 4.79 Å². The van der Waals surface area contributed by atoms with Gasteiger partial charge in [0, 0.05) is 18.4 Å². The number of hydrogen-bond acceptors (Lipinski definition) is 3. The molecular weight excluding hydrogens is 214 g/mol. The summed E-state index contributed by atoms with van der Waals surface area (Å²) in [5.41, 5.74) is 0.703. The molecular formula is C13H17N3O. The number of terminal acetylenes is 1. The molecule has 90 valence electrons. The van der Waals surface area contributed by atoms with Gasteiger partial charge in [-0.05, 0) is 32.9 Å². The molecule has 0 bridgehead atoms. The molecule has 2 N–H and O–H groups in total. The van der Waals surface area contributed by atoms with E-state index in [4.69, 9.17) is 6.42 Å². The molecule has 0 saturated carbocycles. The standard InChI is InChI=1S/C13H17N3O/c1-5-13(3,4)16-10-7-8-15-11(9-10)12(17)14-6-2/h1,7-9H,6H2,2-4H3,(H,14,17)(H,15,16). The third-order valence-electron chi connectivity index (χ3n) is 2.15. The van der Waals surface area contributed by atoms with Crippen LogP contribution < -0.4 is 10.6 Å². The minimum absolute atomic E-state index is 0.185. The first-order valence-corrected chi connectivity index (χ1v) is 5.48. The molecule has 17 heavy (non-hydrogen) atoms. The second kappa shape index (κ2) is 5.35. The van der Waals surface area contributed by atoms with Crippen molar-refractivity contribution in [2.45, 2.75) is 26.3 Å². The number of aromatic nitrogens is 1. The van der Waals surface area contributed by atoms with Crippen LogP contribution in [0.1, 0.15) is 31.3 Å². The van der Waals surface area contributed by atoms with Crippen LogP contribution in [0.5, 0.6) is 0 Å². The van der Waals surface area contributed by atoms with Crippen LogP contribution in [0.25, 0.3) is 0 Å². The van der Waals surface area contributed by atoms with Crippen molar-refractivity contribution in [1.82, 2.24) is 10.3 Å². The molecule has 1 heterocycles. The maximum Gasteiger partial charge on any atom is 0.269 e. The van der Waals surface area contributed by atoms with Crippen LogP contribution in [0.3, 0.4) is 0 Å². The van der Waals surface area contributed by atoms with E-state index in [0.717, 1.165) is 5.69 Å². The highest BCUT2D eigenvalue weighted by Crippen LogP contribution is 2.14. The molecule has 1 aromatic rings. The largest absolute Gasteiger partial charge is 0.369 e. The van der Waals surface area contributed by atoms with Gasteiger partial charge in [0.2, 0.25) is 0 Å². The Morgan fingerprint density at radius 3 is 2.88 bits per heavy atom. The van der Waals surface area contributed by atoms with Crippen LogP contribution >= 0.6 is 0 Å². The molecule has 1 rings (SSSR count). The third kappa shape index (κ3) is 3.80. The highest BCUT2D eigenvalue weighted by atomic mass is 16.1. The van der Waals surface area contributed by atoms with Gasteiger partial charge in [0.25, 0.3) is 5.91 Å². The average molecular weight is 231 g/mol. The molecule has 0 aliphatic carbocycles. The fourth-order valence-electron chi connectivity index (χ4n) is 1.28. The molecule has 0 unspecified atom stereocenters. The number of pyridine rings is 1. The van der Waals surface area contributed by atoms with Gasteiger partial charge in [-0.2, -0.15) is 0 Å². The minimum Gasteiger partial charge on any atom is -0.369 e. The summed E-state index contributed by atoms with van der Waals surface area (Å²) in [6, 6.07) is 3.46. The van der Waals surface area contributed by atoms with Crippen LogP contribution in [-0.4, -0.2) is 23.0 Å². The number of hydrogen-bond donors (Lipinski definition) is 2. The molecule has 0 aliphatic heterocycles. The van der Waals surface area contributed by atoms with Crippen molar-refractivity contribution in [1.29, 1.82) is 0 Å². The molecule has 1 amide bonds. The Morgan fingerprint density at radius 2 is 2.29 bits per heavy atom. The van der Waals surface area contributed by atoms with Gasteiger partial charge in [-0.3, -0.25) is 9.78 Å². The lowest BCUT2D eigenvalue weighted by molar-refractivity contribution is 0.0951. The van der Waals surface area contributed by atoms with Crippen molar-refractivity contribution in [2.75, 3.05) is 11.9 Å². The van der Waals surface area contributed by atoms with E-state index in [2.05, 4.69) is 21.5 Å². The summed E-state index contributed by atoms with van der Waals surface area (Å²) in [6.07, 6.45) is 6.98. The lowest BCUT2D eigenvalue weighted by Crippen LogP contribution is -2.29. The smallest absolute Gasteiger partial charge is 0.269 e. The fourth-order valence-corrected chi connectivity index (χ4v) is 1.28. The monoisotopic (exact) mass is 231 g/mol. The maximum atomic E-state index is 11.6. The van der Waals surface area contributed by atoms with Crippen molar-refractivity contribution in [2.24, 2.45) is 0 Å². The van der Waals surface area contributed by atoms with Crippen LogP contribution in [0, 0.1) is 12.3 Å². The van der Waals surface area contributed by atoms with Gasteiger partial charge in [-0.25, -0.2) is 0 Å². The summed E-state index contributed by atoms with van der Waals surface area (Å²) in [4.78, 5) is 15.6. The van der Waals surface area contributed by atoms with Gasteiger partial charge >= 0.3 is 0 Å². The summed E-state index contributed by atoms with van der Waals surface area (Å²) < 4.78 is 0. The number of nitrogens with zero attached hydrogens (tertiary/aromatic N) is 1. The van der Waals surface area contributed by atoms with E-state index < -0.39 is 5.54 Å². The summed E-state index contributed by atoms with van der Waals surface area (Å²) in [6.45, 7) is 6.22. The number of anilines is 1. The van der Waals surface area contributed by atoms with Crippen LogP contribution in [-0.2, 0) is 0 Å². The lowest BCUT2D eigenvalue weighted by atomic mass is 10.1. The molecule has 0 radical (unpaired) electrons. The van der Waals surface area contributed by atoms with E-state index in [1.54, 1.807) is 18.3 Å². The van der Waals surface area contributed by atoms with E-state index in [1.165, 1.54) is 0 Å². The molecule has 1 aromatic heterocycles. The zero-order valence-corrected chi connectivity index (χ0v) is 10.4. The molecule has 4 heteroatoms. The first-order chi connectivity index (χ1) is 7.98. The quantitative estimate of drug-likeness (QED) is 0.775. The first kappa shape index (κ1) is 13.0. The number of amides is 1. The zero-order chi connectivity index (χ0) is 12.9. The fraction of sp³-hybridized carbons (Fsp3) is 0.385. The third-order valence-corrected chi connectivity index (χ3v) is 2.15. The van der Waals surface area contributed by atoms with Gasteiger partial charge in [-0.1, -0.05) is 5.92 Å². The highest BCUT2D eigenvalue weighted by molar-refractivity contribution is 5.93. The Balaban J connectivity index is 2.87. The predicted octanol–water partition coefficient (Wildman–Crippen LogP) is 1.65. The van der Waals surface area contributed by atoms with E-state index in [-0.39, 0.29) is 5.91 Å². The summed E-state index contributed by atoms with van der Waals surface area (Å²) in [7, 11) is 0. The van der Waals surface area contributed by atoms with Gasteiger partial charge in [0.15, 0.2) is 0 Å². The number of carbonyl (C=O) groups is 1. The maximum absolute atomic E-state index is 11.6. The molecule has 0 spiro atoms. The Bertz CT molecular complexity index is 446. The van der Waals surface area contributed by atoms with Gasteiger partial charge in [0.05, 0.1) is 5.54 Å². The topological polar surface area (TPSA) is 54.0 Å². The van der Waals surface area contributed by atoms with E-state index >= 15 is 0 Å². The Labute approximate surface area is 102 Å². The van der Waals surface area contributed by atoms with Crippen LogP contribution in [0.2, 0.25) is 0 Å². The Hall–Kier alpha value is -2.02. The van der Waals surface area contributed by atoms with Crippen molar-refractivity contribution in [3.05, 3.63) is 24.0 Å². The summed E-state index contributed by atoms with van der Waals surface area (Å²) in [5.74, 6) is 2.45. The predicted molar refractivity (Wildman–Crippen MR) is 68.8 cm³/mol. The lowest BCUT2D eigenvalue weighted by Gasteiger charge is -2.21. The van der Waals surface area contributed by atoms with Gasteiger partial charge in [-0.15, -0.1) is 6.42 Å². The minimum atomic E-state index is -0.458. The average Bonchev–Trinajstić information content (AvgIpc) is 2.29. The Morgan fingerprint density at radius 1 is 1.59 bits per heavy atom. The zero-order valence-electron chi connectivity index (χ0n) is 10.4. The summed E-state index contributed by atoms with van der Waals surface area (Å²) in [5, 5.41) is 5.85. The molecule has 0 aliphatic rings. The van der Waals surface area contributed by atoms with Crippen molar-refractivity contribution in [3.63, 3.8) is 0 Å². The van der Waals surface area contributed by atoms with Gasteiger partial charge in [0.1, 0.15) is 5.69 Å². The van der Waals surface area contributed by atoms with E-state index in [1.807, 2.05) is 20.8 Å². The van der Waals surface area contributed by atoms with E-state index in [9.17, 15) is 4.79 Å². The molecule has 0 saturated heterocycles. The summed E-state index contributed by atoms with van der Waals surface area (Å²) >= 11 is 0. The molecule has 0 atom stereocenters. The first-order valence-electron chi connectivity index (χ1n) is 5.48. The highest BCUT2D eigenvalue weighted by Gasteiger charge is 2.14. The second-order valence-corrected chi connectivity index (χ2v) is 4.18. The normalized spacial score (nSPS) is 10.5. The van der Waals surface area contributed by atoms with Crippen molar-refractivity contribution in [3.8, 4) is 12.3 Å². The van der Waals surface area contributed by atoms with E-state index in [0.29, 0.717) is 12.2 Å². The number of nitrogens with one attached hydrogen (secondary N) is 2. The van der Waals surface area contributed by atoms with Gasteiger partial charge < -0.3 is 10.6 Å². The molecule has 0 aromatic carbocycles. The number of rotatable bonds is 4. The van der Waals surface area contributed by atoms with Crippen LogP contribution in [0.4, 0.5) is 5.69 Å². The van der Waals surface area contributed by atoms with Crippen LogP contribution in [0.15, 0.2) is 18.3 Å². The Kier molecular flexibility index (Phi) is 4.11. The van der Waals surface area contributed by atoms with Crippen molar-refractivity contribution >= 4 is 11.6 Å².